The predicted octanol–water partition coefficient (Wildman–Crippen LogP) is 4.90. The van der Waals surface area contributed by atoms with Crippen molar-refractivity contribution in [1.29, 1.82) is 5.26 Å². The Kier molecular flexibility index (Phi) is 8.25. The van der Waals surface area contributed by atoms with Crippen LogP contribution in [0.25, 0.3) is 6.08 Å². The van der Waals surface area contributed by atoms with Gasteiger partial charge in [-0.3, -0.25) is 4.79 Å². The van der Waals surface area contributed by atoms with Gasteiger partial charge in [0.05, 0.1) is 16.1 Å². The zero-order valence-electron chi connectivity index (χ0n) is 15.8. The van der Waals surface area contributed by atoms with Crippen LogP contribution in [0.4, 0.5) is 5.69 Å². The van der Waals surface area contributed by atoms with E-state index in [-0.39, 0.29) is 29.6 Å². The van der Waals surface area contributed by atoms with Crippen LogP contribution in [0.2, 0.25) is 5.02 Å². The molecule has 0 unspecified atom stereocenters. The van der Waals surface area contributed by atoms with Crippen LogP contribution in [0.1, 0.15) is 18.1 Å². The second kappa shape index (κ2) is 10.6. The van der Waals surface area contributed by atoms with Gasteiger partial charge >= 0.3 is 5.97 Å². The maximum Gasteiger partial charge on any atom is 0.344 e. The highest BCUT2D eigenvalue weighted by molar-refractivity contribution is 9.10. The second-order valence-corrected chi connectivity index (χ2v) is 7.16. The van der Waals surface area contributed by atoms with Crippen molar-refractivity contribution in [3.8, 4) is 11.8 Å². The molecule has 0 atom stereocenters. The van der Waals surface area contributed by atoms with Crippen molar-refractivity contribution in [1.82, 2.24) is 0 Å². The molecule has 2 aromatic carbocycles. The molecule has 1 N–H and O–H groups in total. The number of anilines is 1. The first-order chi connectivity index (χ1) is 13.8. The lowest BCUT2D eigenvalue weighted by Gasteiger charge is -2.11. The number of aryl methyl sites for hydroxylation is 1. The van der Waals surface area contributed by atoms with Gasteiger partial charge in [0.15, 0.2) is 12.4 Å². The number of nitrogens with one attached hydrogen (secondary N) is 1. The van der Waals surface area contributed by atoms with E-state index >= 15 is 0 Å². The Morgan fingerprint density at radius 2 is 2.07 bits per heavy atom. The fourth-order valence-corrected chi connectivity index (χ4v) is 3.36. The number of hydrogen-bond acceptors (Lipinski definition) is 5. The van der Waals surface area contributed by atoms with Crippen molar-refractivity contribution in [2.45, 2.75) is 13.8 Å². The monoisotopic (exact) mass is 476 g/mol. The minimum atomic E-state index is -0.534. The lowest BCUT2D eigenvalue weighted by molar-refractivity contribution is -0.145. The number of nitriles is 1. The molecule has 0 spiro atoms. The van der Waals surface area contributed by atoms with Gasteiger partial charge in [-0.25, -0.2) is 4.79 Å². The van der Waals surface area contributed by atoms with Crippen molar-refractivity contribution in [2.24, 2.45) is 0 Å². The number of nitrogens with zero attached hydrogens (tertiary/aromatic N) is 1. The van der Waals surface area contributed by atoms with Gasteiger partial charge < -0.3 is 14.8 Å². The number of esters is 1. The molecule has 0 aromatic heterocycles. The van der Waals surface area contributed by atoms with E-state index in [4.69, 9.17) is 21.1 Å². The fraction of sp³-hybridized carbons (Fsp3) is 0.190. The first-order valence-electron chi connectivity index (χ1n) is 8.61. The van der Waals surface area contributed by atoms with Gasteiger partial charge in [0.1, 0.15) is 11.6 Å². The molecule has 0 aliphatic heterocycles. The van der Waals surface area contributed by atoms with Crippen LogP contribution in [0.3, 0.4) is 0 Å². The Labute approximate surface area is 182 Å². The number of amides is 1. The normalized spacial score (nSPS) is 10.8. The van der Waals surface area contributed by atoms with Crippen LogP contribution < -0.4 is 10.1 Å². The van der Waals surface area contributed by atoms with Gasteiger partial charge in [-0.15, -0.1) is 0 Å². The first-order valence-corrected chi connectivity index (χ1v) is 9.78. The number of halogens is 2. The second-order valence-electron chi connectivity index (χ2n) is 5.90. The molecule has 0 heterocycles. The molecule has 6 nitrogen and oxygen atoms in total. The summed E-state index contributed by atoms with van der Waals surface area (Å²) in [5.74, 6) is -0.786. The van der Waals surface area contributed by atoms with Crippen molar-refractivity contribution >= 4 is 51.2 Å². The summed E-state index contributed by atoms with van der Waals surface area (Å²) < 4.78 is 10.7. The molecule has 1 amide bonds. The molecule has 0 bridgehead atoms. The average Bonchev–Trinajstić information content (AvgIpc) is 2.65. The van der Waals surface area contributed by atoms with Gasteiger partial charge in [-0.05, 0) is 71.2 Å². The van der Waals surface area contributed by atoms with Crippen molar-refractivity contribution < 1.29 is 19.1 Å². The molecule has 0 aliphatic rings. The van der Waals surface area contributed by atoms with E-state index in [1.54, 1.807) is 25.1 Å². The van der Waals surface area contributed by atoms with Crippen LogP contribution in [0.15, 0.2) is 46.4 Å². The zero-order chi connectivity index (χ0) is 21.4. The van der Waals surface area contributed by atoms with Gasteiger partial charge in [0.2, 0.25) is 0 Å². The number of carbonyl (C=O) groups excluding carboxylic acids is 2. The summed E-state index contributed by atoms with van der Waals surface area (Å²) in [4.78, 5) is 23.9. The molecule has 2 rings (SSSR count). The molecule has 0 aliphatic carbocycles. The number of ether oxygens (including phenoxy) is 2. The van der Waals surface area contributed by atoms with Gasteiger partial charge in [-0.1, -0.05) is 23.7 Å². The average molecular weight is 478 g/mol. The highest BCUT2D eigenvalue weighted by Gasteiger charge is 2.14. The fourth-order valence-electron chi connectivity index (χ4n) is 2.37. The molecule has 29 heavy (non-hydrogen) atoms. The largest absolute Gasteiger partial charge is 0.479 e. The van der Waals surface area contributed by atoms with Crippen LogP contribution in [-0.2, 0) is 14.3 Å². The van der Waals surface area contributed by atoms with Crippen LogP contribution in [0.5, 0.6) is 5.75 Å². The lowest BCUT2D eigenvalue weighted by Crippen LogP contribution is -2.15. The minimum absolute atomic E-state index is 0.0883. The maximum atomic E-state index is 12.4. The third kappa shape index (κ3) is 6.63. The minimum Gasteiger partial charge on any atom is -0.479 e. The summed E-state index contributed by atoms with van der Waals surface area (Å²) in [5, 5.41) is 12.3. The smallest absolute Gasteiger partial charge is 0.344 e. The molecule has 0 fully saturated rings. The topological polar surface area (TPSA) is 88.4 Å². The summed E-state index contributed by atoms with van der Waals surface area (Å²) in [6, 6.07) is 12.3. The van der Waals surface area contributed by atoms with Crippen LogP contribution in [0, 0.1) is 18.3 Å². The third-order valence-corrected chi connectivity index (χ3v) is 4.48. The van der Waals surface area contributed by atoms with E-state index in [0.29, 0.717) is 15.7 Å². The molecule has 8 heteroatoms. The van der Waals surface area contributed by atoms with E-state index in [1.807, 2.05) is 25.1 Å². The third-order valence-electron chi connectivity index (χ3n) is 3.61. The summed E-state index contributed by atoms with van der Waals surface area (Å²) >= 11 is 9.55. The maximum absolute atomic E-state index is 12.4. The van der Waals surface area contributed by atoms with Gasteiger partial charge in [-0.2, -0.15) is 5.26 Å². The Morgan fingerprint density at radius 1 is 1.31 bits per heavy atom. The summed E-state index contributed by atoms with van der Waals surface area (Å²) in [7, 11) is 0. The van der Waals surface area contributed by atoms with Crippen LogP contribution in [-0.4, -0.2) is 25.1 Å². The van der Waals surface area contributed by atoms with Crippen molar-refractivity contribution in [3.63, 3.8) is 0 Å². The highest BCUT2D eigenvalue weighted by atomic mass is 79.9. The Bertz CT molecular complexity index is 975. The number of benzene rings is 2. The van der Waals surface area contributed by atoms with E-state index < -0.39 is 11.9 Å². The Balaban J connectivity index is 2.19. The van der Waals surface area contributed by atoms with Crippen molar-refractivity contribution in [2.75, 3.05) is 18.5 Å². The molecular weight excluding hydrogens is 460 g/mol. The van der Waals surface area contributed by atoms with Gasteiger partial charge in [0, 0.05) is 5.69 Å². The molecular formula is C21H18BrClN2O4. The highest BCUT2D eigenvalue weighted by Crippen LogP contribution is 2.35. The van der Waals surface area contributed by atoms with Gasteiger partial charge in [0.25, 0.3) is 5.91 Å². The Hall–Kier alpha value is -2.82. The molecule has 150 valence electrons. The summed E-state index contributed by atoms with van der Waals surface area (Å²) in [6.07, 6.45) is 1.41. The number of hydrogen-bond donors (Lipinski definition) is 1. The quantitative estimate of drug-likeness (QED) is 0.348. The molecule has 0 saturated carbocycles. The molecule has 2 aromatic rings. The SMILES string of the molecule is CCOC(=O)COc1c(Cl)cc(/C=C(/C#N)C(=O)Nc2cccc(C)c2)cc1Br. The van der Waals surface area contributed by atoms with Crippen LogP contribution >= 0.6 is 27.5 Å². The molecule has 0 radical (unpaired) electrons. The van der Waals surface area contributed by atoms with E-state index in [9.17, 15) is 14.9 Å². The first kappa shape index (κ1) is 22.5. The van der Waals surface area contributed by atoms with E-state index in [1.165, 1.54) is 12.1 Å². The summed E-state index contributed by atoms with van der Waals surface area (Å²) in [6.45, 7) is 3.57. The standard InChI is InChI=1S/C21H18BrClN2O4/c1-3-28-19(26)12-29-20-17(22)9-14(10-18(20)23)8-15(11-24)21(27)25-16-6-4-5-13(2)7-16/h4-10H,3,12H2,1-2H3,(H,25,27)/b15-8-. The van der Waals surface area contributed by atoms with E-state index in [0.717, 1.165) is 5.56 Å². The number of carbonyl (C=O) groups is 2. The van der Waals surface area contributed by atoms with E-state index in [2.05, 4.69) is 21.2 Å². The zero-order valence-corrected chi connectivity index (χ0v) is 18.1. The summed E-state index contributed by atoms with van der Waals surface area (Å²) in [5.41, 5.74) is 2.01. The molecule has 0 saturated heterocycles. The lowest BCUT2D eigenvalue weighted by atomic mass is 10.1. The number of rotatable bonds is 7. The Morgan fingerprint density at radius 3 is 2.69 bits per heavy atom. The van der Waals surface area contributed by atoms with Crippen molar-refractivity contribution in [3.05, 3.63) is 62.6 Å². The predicted molar refractivity (Wildman–Crippen MR) is 115 cm³/mol.